The highest BCUT2D eigenvalue weighted by atomic mass is 19.1. The van der Waals surface area contributed by atoms with Crippen molar-refractivity contribution in [1.29, 1.82) is 0 Å². The molecule has 0 bridgehead atoms. The van der Waals surface area contributed by atoms with E-state index in [0.717, 1.165) is 12.8 Å². The Hall–Kier alpha value is -1.64. The van der Waals surface area contributed by atoms with Crippen LogP contribution in [0.3, 0.4) is 0 Å². The molecule has 1 amide bonds. The average Bonchev–Trinajstić information content (AvgIpc) is 2.45. The summed E-state index contributed by atoms with van der Waals surface area (Å²) in [6.07, 6.45) is 7.71. The molecule has 0 aliphatic heterocycles. The molecule has 1 unspecified atom stereocenters. The standard InChI is InChI=1S/C17H24FNO/c1-3-5-7-14(4-2)13-19-17(20)11-10-15-8-6-9-16(18)12-15/h6,8-12,14H,3-5,7,13H2,1-2H3,(H,19,20). The maximum absolute atomic E-state index is 13.0. The Morgan fingerprint density at radius 2 is 2.20 bits per heavy atom. The number of carbonyl (C=O) groups is 1. The Morgan fingerprint density at radius 1 is 1.40 bits per heavy atom. The van der Waals surface area contributed by atoms with Crippen LogP contribution in [0.15, 0.2) is 30.3 Å². The number of rotatable bonds is 8. The summed E-state index contributed by atoms with van der Waals surface area (Å²) in [6.45, 7) is 5.03. The fourth-order valence-electron chi connectivity index (χ4n) is 2.03. The number of hydrogen-bond acceptors (Lipinski definition) is 1. The molecule has 20 heavy (non-hydrogen) atoms. The third kappa shape index (κ3) is 6.50. The lowest BCUT2D eigenvalue weighted by molar-refractivity contribution is -0.116. The van der Waals surface area contributed by atoms with Crippen molar-refractivity contribution in [2.24, 2.45) is 5.92 Å². The molecule has 0 aromatic heterocycles. The van der Waals surface area contributed by atoms with E-state index in [-0.39, 0.29) is 11.7 Å². The zero-order valence-electron chi connectivity index (χ0n) is 12.4. The van der Waals surface area contributed by atoms with Gasteiger partial charge in [-0.15, -0.1) is 0 Å². The second-order valence-electron chi connectivity index (χ2n) is 5.05. The van der Waals surface area contributed by atoms with Crippen LogP contribution in [-0.2, 0) is 4.79 Å². The van der Waals surface area contributed by atoms with Crippen molar-refractivity contribution in [1.82, 2.24) is 5.32 Å². The molecule has 0 saturated carbocycles. The van der Waals surface area contributed by atoms with E-state index >= 15 is 0 Å². The number of nitrogens with one attached hydrogen (secondary N) is 1. The van der Waals surface area contributed by atoms with Crippen LogP contribution in [0.25, 0.3) is 6.08 Å². The molecule has 0 aliphatic rings. The van der Waals surface area contributed by atoms with Gasteiger partial charge in [0, 0.05) is 12.6 Å². The van der Waals surface area contributed by atoms with Crippen molar-refractivity contribution in [3.8, 4) is 0 Å². The van der Waals surface area contributed by atoms with Gasteiger partial charge in [-0.1, -0.05) is 45.2 Å². The second-order valence-corrected chi connectivity index (χ2v) is 5.05. The lowest BCUT2D eigenvalue weighted by atomic mass is 9.99. The van der Waals surface area contributed by atoms with Crippen LogP contribution in [0.4, 0.5) is 4.39 Å². The Balaban J connectivity index is 2.39. The van der Waals surface area contributed by atoms with E-state index in [4.69, 9.17) is 0 Å². The Bertz CT molecular complexity index is 442. The predicted octanol–water partition coefficient (Wildman–Crippen LogP) is 4.17. The summed E-state index contributed by atoms with van der Waals surface area (Å²) in [5.41, 5.74) is 0.693. The summed E-state index contributed by atoms with van der Waals surface area (Å²) in [5, 5.41) is 2.91. The first-order valence-corrected chi connectivity index (χ1v) is 7.37. The smallest absolute Gasteiger partial charge is 0.244 e. The van der Waals surface area contributed by atoms with Crippen molar-refractivity contribution >= 4 is 12.0 Å². The van der Waals surface area contributed by atoms with Gasteiger partial charge in [0.05, 0.1) is 0 Å². The van der Waals surface area contributed by atoms with Crippen LogP contribution >= 0.6 is 0 Å². The summed E-state index contributed by atoms with van der Waals surface area (Å²) in [4.78, 5) is 11.7. The summed E-state index contributed by atoms with van der Waals surface area (Å²) in [6, 6.07) is 6.19. The van der Waals surface area contributed by atoms with E-state index in [1.807, 2.05) is 0 Å². The van der Waals surface area contributed by atoms with E-state index < -0.39 is 0 Å². The predicted molar refractivity (Wildman–Crippen MR) is 81.7 cm³/mol. The normalized spacial score (nSPS) is 12.6. The van der Waals surface area contributed by atoms with E-state index in [2.05, 4.69) is 19.2 Å². The second kappa shape index (κ2) is 9.29. The summed E-state index contributed by atoms with van der Waals surface area (Å²) in [7, 11) is 0. The highest BCUT2D eigenvalue weighted by molar-refractivity contribution is 5.91. The van der Waals surface area contributed by atoms with Crippen molar-refractivity contribution in [2.45, 2.75) is 39.5 Å². The highest BCUT2D eigenvalue weighted by Gasteiger charge is 2.06. The van der Waals surface area contributed by atoms with Gasteiger partial charge < -0.3 is 5.32 Å². The number of benzene rings is 1. The van der Waals surface area contributed by atoms with Crippen LogP contribution in [-0.4, -0.2) is 12.5 Å². The minimum atomic E-state index is -0.293. The summed E-state index contributed by atoms with van der Waals surface area (Å²) < 4.78 is 13.0. The molecular formula is C17H24FNO. The molecule has 1 atom stereocenters. The zero-order chi connectivity index (χ0) is 14.8. The molecule has 1 N–H and O–H groups in total. The maximum atomic E-state index is 13.0. The quantitative estimate of drug-likeness (QED) is 0.710. The number of unbranched alkanes of at least 4 members (excludes halogenated alkanes) is 1. The van der Waals surface area contributed by atoms with Gasteiger partial charge in [0.25, 0.3) is 0 Å². The van der Waals surface area contributed by atoms with Crippen molar-refractivity contribution in [2.75, 3.05) is 6.54 Å². The Kier molecular flexibility index (Phi) is 7.63. The first-order chi connectivity index (χ1) is 9.65. The summed E-state index contributed by atoms with van der Waals surface area (Å²) >= 11 is 0. The molecule has 0 fully saturated rings. The van der Waals surface area contributed by atoms with Gasteiger partial charge in [-0.3, -0.25) is 4.79 Å². The van der Waals surface area contributed by atoms with E-state index in [0.29, 0.717) is 18.0 Å². The largest absolute Gasteiger partial charge is 0.352 e. The fourth-order valence-corrected chi connectivity index (χ4v) is 2.03. The third-order valence-electron chi connectivity index (χ3n) is 3.38. The summed E-state index contributed by atoms with van der Waals surface area (Å²) in [5.74, 6) is 0.129. The number of amides is 1. The van der Waals surface area contributed by atoms with Crippen LogP contribution < -0.4 is 5.32 Å². The molecule has 2 nitrogen and oxygen atoms in total. The average molecular weight is 277 g/mol. The van der Waals surface area contributed by atoms with Gasteiger partial charge in [-0.2, -0.15) is 0 Å². The SMILES string of the molecule is CCCCC(CC)CNC(=O)C=Cc1cccc(F)c1. The monoisotopic (exact) mass is 277 g/mol. The molecule has 3 heteroatoms. The van der Waals surface area contributed by atoms with Gasteiger partial charge in [0.15, 0.2) is 0 Å². The van der Waals surface area contributed by atoms with E-state index in [9.17, 15) is 9.18 Å². The van der Waals surface area contributed by atoms with Gasteiger partial charge in [-0.05, 0) is 36.1 Å². The lowest BCUT2D eigenvalue weighted by Gasteiger charge is -2.14. The number of halogens is 1. The van der Waals surface area contributed by atoms with Crippen LogP contribution in [0.2, 0.25) is 0 Å². The molecule has 110 valence electrons. The Labute approximate surface area is 121 Å². The zero-order valence-corrected chi connectivity index (χ0v) is 12.4. The third-order valence-corrected chi connectivity index (χ3v) is 3.38. The van der Waals surface area contributed by atoms with E-state index in [1.165, 1.54) is 31.1 Å². The van der Waals surface area contributed by atoms with E-state index in [1.54, 1.807) is 18.2 Å². The minimum Gasteiger partial charge on any atom is -0.352 e. The first-order valence-electron chi connectivity index (χ1n) is 7.37. The maximum Gasteiger partial charge on any atom is 0.244 e. The van der Waals surface area contributed by atoms with Crippen LogP contribution in [0.1, 0.15) is 45.1 Å². The van der Waals surface area contributed by atoms with Crippen LogP contribution in [0, 0.1) is 11.7 Å². The molecule has 0 heterocycles. The molecular weight excluding hydrogens is 253 g/mol. The highest BCUT2D eigenvalue weighted by Crippen LogP contribution is 2.11. The lowest BCUT2D eigenvalue weighted by Crippen LogP contribution is -2.27. The van der Waals surface area contributed by atoms with Gasteiger partial charge in [0.2, 0.25) is 5.91 Å². The molecule has 0 radical (unpaired) electrons. The molecule has 0 saturated heterocycles. The van der Waals surface area contributed by atoms with Crippen LogP contribution in [0.5, 0.6) is 0 Å². The Morgan fingerprint density at radius 3 is 2.85 bits per heavy atom. The van der Waals surface area contributed by atoms with Crippen molar-refractivity contribution in [3.63, 3.8) is 0 Å². The van der Waals surface area contributed by atoms with Gasteiger partial charge in [0.1, 0.15) is 5.82 Å². The molecule has 1 rings (SSSR count). The molecule has 1 aromatic rings. The topological polar surface area (TPSA) is 29.1 Å². The molecule has 0 aliphatic carbocycles. The van der Waals surface area contributed by atoms with Crippen molar-refractivity contribution in [3.05, 3.63) is 41.7 Å². The number of hydrogen-bond donors (Lipinski definition) is 1. The first kappa shape index (κ1) is 16.4. The fraction of sp³-hybridized carbons (Fsp3) is 0.471. The number of carbonyl (C=O) groups excluding carboxylic acids is 1. The minimum absolute atomic E-state index is 0.121. The van der Waals surface area contributed by atoms with Gasteiger partial charge >= 0.3 is 0 Å². The van der Waals surface area contributed by atoms with Gasteiger partial charge in [-0.25, -0.2) is 4.39 Å². The molecule has 1 aromatic carbocycles. The molecule has 0 spiro atoms. The van der Waals surface area contributed by atoms with Crippen molar-refractivity contribution < 1.29 is 9.18 Å².